The Morgan fingerprint density at radius 3 is 2.42 bits per heavy atom. The van der Waals surface area contributed by atoms with Gasteiger partial charge in [-0.1, -0.05) is 60.7 Å². The van der Waals surface area contributed by atoms with E-state index in [0.717, 1.165) is 12.8 Å². The average Bonchev–Trinajstić information content (AvgIpc) is 3.44. The number of hydrogen-bond acceptors (Lipinski definition) is 3. The number of amides is 1. The van der Waals surface area contributed by atoms with E-state index in [1.807, 2.05) is 4.90 Å². The molecule has 0 radical (unpaired) electrons. The van der Waals surface area contributed by atoms with Gasteiger partial charge in [-0.3, -0.25) is 4.90 Å². The van der Waals surface area contributed by atoms with Crippen LogP contribution in [0.2, 0.25) is 0 Å². The van der Waals surface area contributed by atoms with E-state index in [9.17, 15) is 4.79 Å². The molecule has 2 unspecified atom stereocenters. The van der Waals surface area contributed by atoms with Gasteiger partial charge in [-0.15, -0.1) is 0 Å². The van der Waals surface area contributed by atoms with Crippen LogP contribution in [0.15, 0.2) is 71.8 Å². The number of nitrogens with zero attached hydrogens (tertiary/aromatic N) is 1. The SMILES string of the molecule is O=C(OCC1c2ccccc2-c2ccccc21)N1C2C=C(C3=CCCC3)CC1COC2. The fourth-order valence-electron chi connectivity index (χ4n) is 5.75. The summed E-state index contributed by atoms with van der Waals surface area (Å²) < 4.78 is 11.7. The molecule has 4 heteroatoms. The lowest BCUT2D eigenvalue weighted by Crippen LogP contribution is -2.56. The number of benzene rings is 2. The van der Waals surface area contributed by atoms with Gasteiger partial charge in [0.15, 0.2) is 0 Å². The highest BCUT2D eigenvalue weighted by molar-refractivity contribution is 5.79. The van der Waals surface area contributed by atoms with E-state index >= 15 is 0 Å². The van der Waals surface area contributed by atoms with E-state index in [1.54, 1.807) is 0 Å². The van der Waals surface area contributed by atoms with E-state index in [4.69, 9.17) is 9.47 Å². The molecule has 1 fully saturated rings. The molecule has 2 aromatic carbocycles. The van der Waals surface area contributed by atoms with Crippen molar-refractivity contribution >= 4 is 6.09 Å². The minimum absolute atomic E-state index is 0.0281. The van der Waals surface area contributed by atoms with E-state index in [-0.39, 0.29) is 24.1 Å². The van der Waals surface area contributed by atoms with Crippen LogP contribution in [-0.4, -0.2) is 42.9 Å². The van der Waals surface area contributed by atoms with Gasteiger partial charge < -0.3 is 9.47 Å². The monoisotopic (exact) mass is 413 g/mol. The second-order valence-electron chi connectivity index (χ2n) is 8.99. The Hall–Kier alpha value is -2.85. The summed E-state index contributed by atoms with van der Waals surface area (Å²) in [4.78, 5) is 15.2. The minimum atomic E-state index is -0.212. The van der Waals surface area contributed by atoms with Crippen LogP contribution in [0.1, 0.15) is 42.7 Å². The molecule has 2 bridgehead atoms. The van der Waals surface area contributed by atoms with Crippen molar-refractivity contribution in [3.8, 4) is 11.1 Å². The summed E-state index contributed by atoms with van der Waals surface area (Å²) in [7, 11) is 0. The molecule has 0 N–H and O–H groups in total. The lowest BCUT2D eigenvalue weighted by molar-refractivity contribution is -0.0358. The standard InChI is InChI=1S/C27H27NO3/c29-27(28-20-13-19(18-7-1-2-8-18)14-21(28)16-30-15-20)31-17-26-24-11-5-3-9-22(24)23-10-4-6-12-25(23)26/h3-7,9-13,20-21,26H,1-2,8,14-17H2. The molecule has 2 heterocycles. The highest BCUT2D eigenvalue weighted by Gasteiger charge is 2.40. The van der Waals surface area contributed by atoms with Gasteiger partial charge in [0.2, 0.25) is 0 Å². The average molecular weight is 414 g/mol. The Morgan fingerprint density at radius 2 is 1.74 bits per heavy atom. The summed E-state index contributed by atoms with van der Waals surface area (Å²) in [5, 5.41) is 0. The van der Waals surface area contributed by atoms with Crippen molar-refractivity contribution in [1.29, 1.82) is 0 Å². The van der Waals surface area contributed by atoms with Crippen molar-refractivity contribution < 1.29 is 14.3 Å². The molecule has 0 aromatic heterocycles. The van der Waals surface area contributed by atoms with Crippen molar-refractivity contribution in [2.75, 3.05) is 19.8 Å². The van der Waals surface area contributed by atoms with Crippen LogP contribution in [0.5, 0.6) is 0 Å². The Balaban J connectivity index is 1.21. The van der Waals surface area contributed by atoms with Crippen molar-refractivity contribution in [3.63, 3.8) is 0 Å². The highest BCUT2D eigenvalue weighted by Crippen LogP contribution is 2.44. The molecule has 4 nitrogen and oxygen atoms in total. The highest BCUT2D eigenvalue weighted by atomic mass is 16.6. The predicted molar refractivity (Wildman–Crippen MR) is 120 cm³/mol. The van der Waals surface area contributed by atoms with Crippen LogP contribution < -0.4 is 0 Å². The van der Waals surface area contributed by atoms with E-state index < -0.39 is 0 Å². The van der Waals surface area contributed by atoms with Crippen molar-refractivity contribution in [3.05, 3.63) is 83.0 Å². The third-order valence-corrected chi connectivity index (χ3v) is 7.20. The van der Waals surface area contributed by atoms with Crippen LogP contribution >= 0.6 is 0 Å². The van der Waals surface area contributed by atoms with Crippen LogP contribution in [-0.2, 0) is 9.47 Å². The van der Waals surface area contributed by atoms with E-state index in [1.165, 1.54) is 46.2 Å². The summed E-state index contributed by atoms with van der Waals surface area (Å²) >= 11 is 0. The number of rotatable bonds is 3. The van der Waals surface area contributed by atoms with Gasteiger partial charge >= 0.3 is 6.09 Å². The smallest absolute Gasteiger partial charge is 0.410 e. The zero-order valence-corrected chi connectivity index (χ0v) is 17.6. The largest absolute Gasteiger partial charge is 0.448 e. The van der Waals surface area contributed by atoms with Gasteiger partial charge in [-0.25, -0.2) is 4.79 Å². The lowest BCUT2D eigenvalue weighted by atomic mass is 9.89. The third kappa shape index (κ3) is 3.21. The fourth-order valence-corrected chi connectivity index (χ4v) is 5.75. The van der Waals surface area contributed by atoms with Gasteiger partial charge in [0.1, 0.15) is 6.61 Å². The Labute approximate surface area is 183 Å². The molecule has 2 aromatic rings. The molecule has 2 atom stereocenters. The number of morpholine rings is 1. The van der Waals surface area contributed by atoms with Crippen LogP contribution in [0.25, 0.3) is 11.1 Å². The summed E-state index contributed by atoms with van der Waals surface area (Å²) in [5.74, 6) is 0.0898. The van der Waals surface area contributed by atoms with Crippen molar-refractivity contribution in [1.82, 2.24) is 4.90 Å². The first-order valence-electron chi connectivity index (χ1n) is 11.4. The molecule has 6 rings (SSSR count). The zero-order valence-electron chi connectivity index (χ0n) is 17.6. The Kier molecular flexibility index (Phi) is 4.68. The molecule has 1 amide bonds. The molecular weight excluding hydrogens is 386 g/mol. The summed E-state index contributed by atoms with van der Waals surface area (Å²) in [6.45, 7) is 1.51. The molecule has 2 aliphatic carbocycles. The maximum absolute atomic E-state index is 13.2. The molecule has 0 saturated carbocycles. The molecule has 158 valence electrons. The first-order chi connectivity index (χ1) is 15.3. The van der Waals surface area contributed by atoms with Gasteiger partial charge in [0, 0.05) is 5.92 Å². The lowest BCUT2D eigenvalue weighted by Gasteiger charge is -2.44. The maximum Gasteiger partial charge on any atom is 0.410 e. The maximum atomic E-state index is 13.2. The molecular formula is C27H27NO3. The van der Waals surface area contributed by atoms with Crippen molar-refractivity contribution in [2.45, 2.75) is 43.7 Å². The second kappa shape index (κ2) is 7.69. The van der Waals surface area contributed by atoms with E-state index in [0.29, 0.717) is 19.8 Å². The second-order valence-corrected chi connectivity index (χ2v) is 8.99. The summed E-state index contributed by atoms with van der Waals surface area (Å²) in [6.07, 6.45) is 8.85. The van der Waals surface area contributed by atoms with Crippen molar-refractivity contribution in [2.24, 2.45) is 0 Å². The zero-order chi connectivity index (χ0) is 20.8. The quantitative estimate of drug-likeness (QED) is 0.672. The van der Waals surface area contributed by atoms with Crippen LogP contribution in [0.3, 0.4) is 0 Å². The topological polar surface area (TPSA) is 38.8 Å². The van der Waals surface area contributed by atoms with Gasteiger partial charge in [0.05, 0.1) is 25.3 Å². The summed E-state index contributed by atoms with van der Waals surface area (Å²) in [6, 6.07) is 16.9. The van der Waals surface area contributed by atoms with E-state index in [2.05, 4.69) is 60.7 Å². The number of hydrogen-bond donors (Lipinski definition) is 0. The van der Waals surface area contributed by atoms with Crippen LogP contribution in [0.4, 0.5) is 4.79 Å². The Bertz CT molecular complexity index is 1040. The normalized spacial score (nSPS) is 24.3. The molecule has 0 spiro atoms. The molecule has 2 aliphatic heterocycles. The third-order valence-electron chi connectivity index (χ3n) is 7.20. The van der Waals surface area contributed by atoms with Crippen LogP contribution in [0, 0.1) is 0 Å². The fraction of sp³-hybridized carbons (Fsp3) is 0.370. The number of allylic oxidation sites excluding steroid dienone is 2. The number of ether oxygens (including phenoxy) is 2. The van der Waals surface area contributed by atoms with Gasteiger partial charge in [-0.05, 0) is 59.1 Å². The Morgan fingerprint density at radius 1 is 1.00 bits per heavy atom. The van der Waals surface area contributed by atoms with Gasteiger partial charge in [0.25, 0.3) is 0 Å². The molecule has 1 saturated heterocycles. The summed E-state index contributed by atoms with van der Waals surface area (Å²) in [5.41, 5.74) is 7.88. The first-order valence-corrected chi connectivity index (χ1v) is 11.4. The number of carbonyl (C=O) groups is 1. The molecule has 31 heavy (non-hydrogen) atoms. The number of fused-ring (bicyclic) bond motifs is 5. The van der Waals surface area contributed by atoms with Gasteiger partial charge in [-0.2, -0.15) is 0 Å². The predicted octanol–water partition coefficient (Wildman–Crippen LogP) is 5.45. The number of carbonyl (C=O) groups excluding carboxylic acids is 1. The molecule has 4 aliphatic rings. The minimum Gasteiger partial charge on any atom is -0.448 e. The first kappa shape index (κ1) is 18.9.